The molecule has 0 amide bonds. The Morgan fingerprint density at radius 2 is 2.00 bits per heavy atom. The van der Waals surface area contributed by atoms with Crippen molar-refractivity contribution in [2.45, 2.75) is 19.9 Å². The normalized spacial score (nSPS) is 22.4. The average molecular weight is 292 g/mol. The van der Waals surface area contributed by atoms with Crippen molar-refractivity contribution >= 4 is 34.7 Å². The number of aliphatic imine (C=N–C) groups is 1. The van der Waals surface area contributed by atoms with Crippen LogP contribution < -0.4 is 9.64 Å². The number of hydrogen-bond acceptors (Lipinski definition) is 3. The van der Waals surface area contributed by atoms with Gasteiger partial charge in [0.05, 0.1) is 13.2 Å². The first-order chi connectivity index (χ1) is 9.45. The molecule has 0 aromatic heterocycles. The summed E-state index contributed by atoms with van der Waals surface area (Å²) in [4.78, 5) is 17.4. The minimum Gasteiger partial charge on any atom is -0.497 e. The summed E-state index contributed by atoms with van der Waals surface area (Å²) in [6.45, 7) is 3.54. The highest BCUT2D eigenvalue weighted by atomic mass is 32.1. The van der Waals surface area contributed by atoms with E-state index in [1.165, 1.54) is 0 Å². The average Bonchev–Trinajstić information content (AvgIpc) is 2.38. The Labute approximate surface area is 122 Å². The molecule has 1 aliphatic heterocycles. The lowest BCUT2D eigenvalue weighted by Crippen LogP contribution is -2.50. The number of hydrogen-bond donors (Lipinski definition) is 1. The fraction of sp³-hybridized carbons (Fsp3) is 0.357. The maximum absolute atomic E-state index is 11.4. The van der Waals surface area contributed by atoms with Crippen LogP contribution in [0.3, 0.4) is 0 Å². The summed E-state index contributed by atoms with van der Waals surface area (Å²) < 4.78 is 5.11. The molecule has 106 valence electrons. The fourth-order valence-corrected chi connectivity index (χ4v) is 2.84. The van der Waals surface area contributed by atoms with Gasteiger partial charge in [0.2, 0.25) is 0 Å². The highest BCUT2D eigenvalue weighted by Crippen LogP contribution is 2.28. The van der Waals surface area contributed by atoms with Crippen molar-refractivity contribution in [3.8, 4) is 5.75 Å². The second-order valence-corrected chi connectivity index (χ2v) is 5.03. The first-order valence-corrected chi connectivity index (χ1v) is 6.61. The van der Waals surface area contributed by atoms with Crippen molar-refractivity contribution in [3.05, 3.63) is 24.3 Å². The van der Waals surface area contributed by atoms with Gasteiger partial charge in [-0.1, -0.05) is 0 Å². The molecule has 5 nitrogen and oxygen atoms in total. The molecule has 6 heteroatoms. The zero-order valence-electron chi connectivity index (χ0n) is 11.5. The zero-order valence-corrected chi connectivity index (χ0v) is 12.3. The highest BCUT2D eigenvalue weighted by molar-refractivity contribution is 7.80. The Hall–Kier alpha value is -1.95. The first-order valence-electron chi connectivity index (χ1n) is 6.21. The minimum absolute atomic E-state index is 0.286. The van der Waals surface area contributed by atoms with Crippen LogP contribution in [0.1, 0.15) is 13.8 Å². The van der Waals surface area contributed by atoms with E-state index in [9.17, 15) is 9.90 Å². The Kier molecular flexibility index (Phi) is 4.04. The number of thiocarbonyl (C=S) groups is 1. The third-order valence-corrected chi connectivity index (χ3v) is 3.72. The number of ether oxygens (including phenoxy) is 1. The topological polar surface area (TPSA) is 62.1 Å². The van der Waals surface area contributed by atoms with Crippen LogP contribution >= 0.6 is 12.2 Å². The summed E-state index contributed by atoms with van der Waals surface area (Å²) in [6.07, 6.45) is 0. The van der Waals surface area contributed by atoms with Crippen LogP contribution in [-0.4, -0.2) is 35.1 Å². The van der Waals surface area contributed by atoms with Crippen LogP contribution in [-0.2, 0) is 4.79 Å². The van der Waals surface area contributed by atoms with Gasteiger partial charge in [-0.05, 0) is 50.3 Å². The molecule has 0 radical (unpaired) electrons. The highest BCUT2D eigenvalue weighted by Gasteiger charge is 2.37. The van der Waals surface area contributed by atoms with E-state index in [0.29, 0.717) is 10.8 Å². The number of carbonyl (C=O) groups is 1. The summed E-state index contributed by atoms with van der Waals surface area (Å²) in [7, 11) is 1.59. The Morgan fingerprint density at radius 3 is 2.50 bits per heavy atom. The number of carboxylic acids is 1. The van der Waals surface area contributed by atoms with Crippen LogP contribution in [0.2, 0.25) is 0 Å². The number of methoxy groups -OCH3 is 1. The molecule has 1 aromatic rings. The van der Waals surface area contributed by atoms with Crippen molar-refractivity contribution in [1.82, 2.24) is 0 Å². The predicted molar refractivity (Wildman–Crippen MR) is 81.8 cm³/mol. The standard InChI is InChI=1S/C14H16N2O3S/c1-8-12(13(17)18)9(2)16(14(20)15-8)10-4-6-11(19-3)7-5-10/h4-7,9,12H,1-3H3,(H,17,18). The van der Waals surface area contributed by atoms with E-state index in [0.717, 1.165) is 11.4 Å². The molecular weight excluding hydrogens is 276 g/mol. The molecule has 1 heterocycles. The maximum atomic E-state index is 11.4. The number of rotatable bonds is 3. The van der Waals surface area contributed by atoms with E-state index in [-0.39, 0.29) is 6.04 Å². The third kappa shape index (κ3) is 2.51. The molecule has 2 atom stereocenters. The molecule has 1 aliphatic rings. The van der Waals surface area contributed by atoms with Crippen LogP contribution in [0, 0.1) is 5.92 Å². The summed E-state index contributed by atoms with van der Waals surface area (Å²) in [6, 6.07) is 7.02. The monoisotopic (exact) mass is 292 g/mol. The molecule has 1 N–H and O–H groups in total. The van der Waals surface area contributed by atoms with Crippen LogP contribution in [0.15, 0.2) is 29.3 Å². The van der Waals surface area contributed by atoms with Crippen LogP contribution in [0.4, 0.5) is 5.69 Å². The van der Waals surface area contributed by atoms with Crippen molar-refractivity contribution in [2.75, 3.05) is 12.0 Å². The molecule has 0 saturated carbocycles. The fourth-order valence-electron chi connectivity index (χ4n) is 2.42. The quantitative estimate of drug-likeness (QED) is 0.866. The lowest BCUT2D eigenvalue weighted by atomic mass is 9.93. The number of anilines is 1. The van der Waals surface area contributed by atoms with Crippen molar-refractivity contribution in [2.24, 2.45) is 10.9 Å². The molecule has 2 rings (SSSR count). The van der Waals surface area contributed by atoms with Crippen molar-refractivity contribution in [1.29, 1.82) is 0 Å². The largest absolute Gasteiger partial charge is 0.497 e. The molecule has 0 bridgehead atoms. The number of aliphatic carboxylic acids is 1. The molecule has 0 fully saturated rings. The van der Waals surface area contributed by atoms with Gasteiger partial charge in [0, 0.05) is 11.4 Å². The molecule has 0 aliphatic carbocycles. The van der Waals surface area contributed by atoms with E-state index in [1.807, 2.05) is 31.2 Å². The minimum atomic E-state index is -0.889. The summed E-state index contributed by atoms with van der Waals surface area (Å²) in [5.41, 5.74) is 1.35. The van der Waals surface area contributed by atoms with Crippen molar-refractivity contribution in [3.63, 3.8) is 0 Å². The van der Waals surface area contributed by atoms with Gasteiger partial charge in [-0.3, -0.25) is 4.79 Å². The lowest BCUT2D eigenvalue weighted by Gasteiger charge is -2.37. The summed E-state index contributed by atoms with van der Waals surface area (Å²) >= 11 is 5.28. The van der Waals surface area contributed by atoms with Gasteiger partial charge in [-0.25, -0.2) is 4.99 Å². The van der Waals surface area contributed by atoms with Crippen LogP contribution in [0.5, 0.6) is 5.75 Å². The van der Waals surface area contributed by atoms with E-state index in [2.05, 4.69) is 4.99 Å². The maximum Gasteiger partial charge on any atom is 0.314 e. The number of nitrogens with zero attached hydrogens (tertiary/aromatic N) is 2. The SMILES string of the molecule is COc1ccc(N2C(=S)N=C(C)C(C(=O)O)C2C)cc1. The molecule has 2 unspecified atom stereocenters. The van der Waals surface area contributed by atoms with E-state index in [1.54, 1.807) is 18.9 Å². The molecule has 1 aromatic carbocycles. The van der Waals surface area contributed by atoms with E-state index < -0.39 is 11.9 Å². The molecule has 0 saturated heterocycles. The third-order valence-electron chi connectivity index (χ3n) is 3.43. The van der Waals surface area contributed by atoms with Gasteiger partial charge in [-0.15, -0.1) is 0 Å². The molecule has 0 spiro atoms. The van der Waals surface area contributed by atoms with Gasteiger partial charge in [-0.2, -0.15) is 0 Å². The zero-order chi connectivity index (χ0) is 14.9. The second kappa shape index (κ2) is 5.58. The second-order valence-electron chi connectivity index (χ2n) is 4.66. The van der Waals surface area contributed by atoms with Gasteiger partial charge in [0.25, 0.3) is 0 Å². The number of benzene rings is 1. The van der Waals surface area contributed by atoms with Crippen LogP contribution in [0.25, 0.3) is 0 Å². The van der Waals surface area contributed by atoms with Gasteiger partial charge >= 0.3 is 5.97 Å². The van der Waals surface area contributed by atoms with E-state index in [4.69, 9.17) is 17.0 Å². The van der Waals surface area contributed by atoms with Crippen molar-refractivity contribution < 1.29 is 14.6 Å². The summed E-state index contributed by atoms with van der Waals surface area (Å²) in [5, 5.41) is 9.73. The molecular formula is C14H16N2O3S. The summed E-state index contributed by atoms with van der Waals surface area (Å²) in [5.74, 6) is -0.817. The lowest BCUT2D eigenvalue weighted by molar-refractivity contribution is -0.139. The van der Waals surface area contributed by atoms with Gasteiger partial charge < -0.3 is 14.7 Å². The number of carboxylic acid groups (broad SMARTS) is 1. The molecule has 20 heavy (non-hydrogen) atoms. The smallest absolute Gasteiger partial charge is 0.314 e. The Bertz CT molecular complexity index is 568. The van der Waals surface area contributed by atoms with Gasteiger partial charge in [0.15, 0.2) is 5.11 Å². The Morgan fingerprint density at radius 1 is 1.40 bits per heavy atom. The first kappa shape index (κ1) is 14.5. The predicted octanol–water partition coefficient (Wildman–Crippen LogP) is 2.35. The van der Waals surface area contributed by atoms with E-state index >= 15 is 0 Å². The van der Waals surface area contributed by atoms with Gasteiger partial charge in [0.1, 0.15) is 11.7 Å². The Balaban J connectivity index is 2.39.